The molecule has 1 aromatic rings. The number of ketones is 1. The summed E-state index contributed by atoms with van der Waals surface area (Å²) in [6, 6.07) is 4.69. The molecule has 4 nitrogen and oxygen atoms in total. The van der Waals surface area contributed by atoms with Gasteiger partial charge in [-0.15, -0.1) is 0 Å². The molecule has 1 aromatic carbocycles. The number of hydrogen-bond donors (Lipinski definition) is 0. The predicted octanol–water partition coefficient (Wildman–Crippen LogP) is 2.72. The zero-order valence-corrected chi connectivity index (χ0v) is 15.7. The molecule has 1 rings (SSSR count). The zero-order valence-electron chi connectivity index (χ0n) is 10.5. The molecule has 0 aliphatic heterocycles. The van der Waals surface area contributed by atoms with Gasteiger partial charge in [0.05, 0.1) is 4.90 Å². The first kappa shape index (κ1) is 20.7. The van der Waals surface area contributed by atoms with Crippen molar-refractivity contribution in [2.75, 3.05) is 7.05 Å². The van der Waals surface area contributed by atoms with Crippen molar-refractivity contribution < 1.29 is 45.9 Å². The smallest absolute Gasteiger partial charge is 0.134 e. The van der Waals surface area contributed by atoms with E-state index in [-0.39, 0.29) is 57.2 Å². The summed E-state index contributed by atoms with van der Waals surface area (Å²) in [6.07, 6.45) is 0.0868. The van der Waals surface area contributed by atoms with Gasteiger partial charge in [0.25, 0.3) is 0 Å². The van der Waals surface area contributed by atoms with Crippen LogP contribution in [-0.4, -0.2) is 21.2 Å². The fourth-order valence-electron chi connectivity index (χ4n) is 1.30. The van der Waals surface area contributed by atoms with E-state index in [0.717, 1.165) is 4.47 Å². The molecular formula is C11H14BrNO3SY-2. The van der Waals surface area contributed by atoms with Crippen LogP contribution < -0.4 is 0 Å². The van der Waals surface area contributed by atoms with Gasteiger partial charge >= 0.3 is 0 Å². The fourth-order valence-corrected chi connectivity index (χ4v) is 2.61. The van der Waals surface area contributed by atoms with Crippen LogP contribution in [-0.2, 0) is 53.9 Å². The van der Waals surface area contributed by atoms with E-state index in [1.54, 1.807) is 12.1 Å². The molecule has 7 heteroatoms. The first-order chi connectivity index (χ1) is 7.36. The number of carbonyl (C=O) groups excluding carboxylic acids is 1. The average molecular weight is 409 g/mol. The minimum atomic E-state index is -3.64. The van der Waals surface area contributed by atoms with E-state index in [1.807, 2.05) is 0 Å². The first-order valence-corrected chi connectivity index (χ1v) is 6.74. The standard InChI is InChI=1S/C10H11BrNO3S.CH3.Y/c1-7(13)5-8-6-9(11)3-4-10(8)16(14,15)12-2;;/h3-4,6H,5H2,1-2H3;1H3;/q2*-1;. The Balaban J connectivity index is 0. The van der Waals surface area contributed by atoms with Crippen molar-refractivity contribution in [3.63, 3.8) is 0 Å². The molecule has 18 heavy (non-hydrogen) atoms. The van der Waals surface area contributed by atoms with Gasteiger partial charge in [0.15, 0.2) is 0 Å². The number of rotatable bonds is 4. The third kappa shape index (κ3) is 5.57. The average Bonchev–Trinajstić information content (AvgIpc) is 2.16. The molecule has 0 aliphatic carbocycles. The van der Waals surface area contributed by atoms with E-state index in [4.69, 9.17) is 0 Å². The number of nitrogens with zero attached hydrogens (tertiary/aromatic N) is 1. The van der Waals surface area contributed by atoms with Gasteiger partial charge in [-0.25, -0.2) is 8.42 Å². The predicted molar refractivity (Wildman–Crippen MR) is 71.4 cm³/mol. The molecule has 0 aliphatic rings. The molecule has 0 aromatic heterocycles. The van der Waals surface area contributed by atoms with Gasteiger partial charge in [0.2, 0.25) is 0 Å². The summed E-state index contributed by atoms with van der Waals surface area (Å²) in [4.78, 5) is 11.1. The van der Waals surface area contributed by atoms with Crippen molar-refractivity contribution in [2.45, 2.75) is 18.2 Å². The van der Waals surface area contributed by atoms with Crippen molar-refractivity contribution in [2.24, 2.45) is 0 Å². The van der Waals surface area contributed by atoms with Crippen LogP contribution in [0.1, 0.15) is 12.5 Å². The third-order valence-corrected chi connectivity index (χ3v) is 3.91. The van der Waals surface area contributed by atoms with Crippen LogP contribution in [0.3, 0.4) is 0 Å². The van der Waals surface area contributed by atoms with Gasteiger partial charge in [-0.1, -0.05) is 15.9 Å². The second-order valence-corrected chi connectivity index (χ2v) is 5.96. The van der Waals surface area contributed by atoms with Crippen LogP contribution in [0.2, 0.25) is 0 Å². The molecular weight excluding hydrogens is 395 g/mol. The zero-order chi connectivity index (χ0) is 12.3. The quantitative estimate of drug-likeness (QED) is 0.719. The number of halogens is 1. The third-order valence-electron chi connectivity index (χ3n) is 1.98. The summed E-state index contributed by atoms with van der Waals surface area (Å²) in [5.74, 6) is -0.0920. The Morgan fingerprint density at radius 2 is 1.94 bits per heavy atom. The molecule has 0 atom stereocenters. The van der Waals surface area contributed by atoms with Crippen LogP contribution >= 0.6 is 15.9 Å². The van der Waals surface area contributed by atoms with Gasteiger partial charge in [0.1, 0.15) is 15.8 Å². The van der Waals surface area contributed by atoms with Crippen LogP contribution in [0, 0.1) is 7.43 Å². The summed E-state index contributed by atoms with van der Waals surface area (Å²) < 4.78 is 27.3. The van der Waals surface area contributed by atoms with Crippen LogP contribution in [0.5, 0.6) is 0 Å². The molecule has 0 bridgehead atoms. The Morgan fingerprint density at radius 1 is 1.39 bits per heavy atom. The summed E-state index contributed by atoms with van der Waals surface area (Å²) >= 11 is 3.24. The molecule has 0 amide bonds. The van der Waals surface area contributed by atoms with Crippen molar-refractivity contribution in [1.29, 1.82) is 0 Å². The van der Waals surface area contributed by atoms with E-state index in [9.17, 15) is 13.2 Å². The van der Waals surface area contributed by atoms with Crippen LogP contribution in [0.4, 0.5) is 0 Å². The maximum Gasteiger partial charge on any atom is 0.134 e. The van der Waals surface area contributed by atoms with E-state index < -0.39 is 10.0 Å². The van der Waals surface area contributed by atoms with Gasteiger partial charge < -0.3 is 12.1 Å². The molecule has 0 fully saturated rings. The summed E-state index contributed by atoms with van der Waals surface area (Å²) in [6.45, 7) is 1.42. The minimum Gasteiger partial charge on any atom is -0.547 e. The van der Waals surface area contributed by atoms with Crippen LogP contribution in [0.15, 0.2) is 27.6 Å². The Bertz CT molecular complexity index is 517. The number of carbonyl (C=O) groups is 1. The molecule has 1 radical (unpaired) electrons. The normalized spacial score (nSPS) is 10.2. The van der Waals surface area contributed by atoms with Crippen molar-refractivity contribution in [3.8, 4) is 0 Å². The molecule has 0 unspecified atom stereocenters. The van der Waals surface area contributed by atoms with Crippen LogP contribution in [0.25, 0.3) is 4.72 Å². The molecule has 0 saturated heterocycles. The Morgan fingerprint density at radius 3 is 2.39 bits per heavy atom. The second-order valence-electron chi connectivity index (χ2n) is 3.29. The number of Topliss-reactive ketones (excluding diaryl/α,β-unsaturated/α-hetero) is 1. The summed E-state index contributed by atoms with van der Waals surface area (Å²) in [5.41, 5.74) is 0.465. The monoisotopic (exact) mass is 408 g/mol. The second kappa shape index (κ2) is 8.53. The number of benzene rings is 1. The van der Waals surface area contributed by atoms with Gasteiger partial charge in [-0.3, -0.25) is 4.79 Å². The molecule has 99 valence electrons. The van der Waals surface area contributed by atoms with Crippen molar-refractivity contribution in [1.82, 2.24) is 0 Å². The topological polar surface area (TPSA) is 65.3 Å². The fraction of sp³-hybridized carbons (Fsp3) is 0.273. The Hall–Kier alpha value is 0.384. The van der Waals surface area contributed by atoms with Crippen molar-refractivity contribution >= 4 is 31.7 Å². The number of hydrogen-bond acceptors (Lipinski definition) is 3. The minimum absolute atomic E-state index is 0. The van der Waals surface area contributed by atoms with Gasteiger partial charge in [-0.05, 0) is 30.7 Å². The number of sulfonamides is 1. The Labute approximate surface area is 142 Å². The molecule has 0 heterocycles. The molecule has 0 spiro atoms. The van der Waals surface area contributed by atoms with Crippen molar-refractivity contribution in [3.05, 3.63) is 40.4 Å². The van der Waals surface area contributed by atoms with Gasteiger partial charge in [0, 0.05) is 43.6 Å². The van der Waals surface area contributed by atoms with E-state index in [2.05, 4.69) is 20.7 Å². The maximum atomic E-state index is 11.6. The summed E-state index contributed by atoms with van der Waals surface area (Å²) in [5, 5.41) is 0. The molecule has 0 N–H and O–H groups in total. The van der Waals surface area contributed by atoms with E-state index >= 15 is 0 Å². The largest absolute Gasteiger partial charge is 0.547 e. The molecule has 0 saturated carbocycles. The maximum absolute atomic E-state index is 11.6. The Kier molecular flexibility index (Phi) is 9.81. The van der Waals surface area contributed by atoms with E-state index in [0.29, 0.717) is 5.56 Å². The first-order valence-electron chi connectivity index (χ1n) is 4.51. The van der Waals surface area contributed by atoms with Gasteiger partial charge in [-0.2, -0.15) is 7.05 Å². The SMILES string of the molecule is C[N-]S(=O)(=O)c1ccc(Br)cc1CC(C)=O.[CH3-].[Y]. The van der Waals surface area contributed by atoms with E-state index in [1.165, 1.54) is 20.0 Å². The summed E-state index contributed by atoms with van der Waals surface area (Å²) in [7, 11) is -2.42.